The summed E-state index contributed by atoms with van der Waals surface area (Å²) in [5, 5.41) is 12.3. The van der Waals surface area contributed by atoms with Gasteiger partial charge in [-0.15, -0.1) is 0 Å². The summed E-state index contributed by atoms with van der Waals surface area (Å²) in [6.07, 6.45) is -0.557. The van der Waals surface area contributed by atoms with Crippen molar-refractivity contribution in [2.75, 3.05) is 6.61 Å². The van der Waals surface area contributed by atoms with Gasteiger partial charge in [0.25, 0.3) is 5.91 Å². The molecule has 0 saturated carbocycles. The van der Waals surface area contributed by atoms with Crippen LogP contribution in [0.5, 0.6) is 5.75 Å². The van der Waals surface area contributed by atoms with E-state index < -0.39 is 6.10 Å². The number of carbonyl (C=O) groups is 1. The van der Waals surface area contributed by atoms with Gasteiger partial charge in [-0.3, -0.25) is 4.79 Å². The Balaban J connectivity index is 1.80. The lowest BCUT2D eigenvalue weighted by atomic mass is 10.1. The van der Waals surface area contributed by atoms with E-state index in [0.717, 1.165) is 11.1 Å². The highest BCUT2D eigenvalue weighted by molar-refractivity contribution is 5.77. The summed E-state index contributed by atoms with van der Waals surface area (Å²) in [4.78, 5) is 11.8. The Morgan fingerprint density at radius 1 is 1.23 bits per heavy atom. The predicted molar refractivity (Wildman–Crippen MR) is 85.6 cm³/mol. The zero-order valence-electron chi connectivity index (χ0n) is 12.9. The second kappa shape index (κ2) is 7.61. The minimum atomic E-state index is -0.557. The number of aliphatic hydroxyl groups excluding tert-OH is 1. The number of ether oxygens (including phenoxy) is 1. The molecule has 0 aliphatic carbocycles. The molecule has 2 rings (SSSR count). The van der Waals surface area contributed by atoms with Crippen molar-refractivity contribution in [1.82, 2.24) is 5.32 Å². The van der Waals surface area contributed by atoms with Crippen LogP contribution in [0.3, 0.4) is 0 Å². The van der Waals surface area contributed by atoms with Gasteiger partial charge in [0.15, 0.2) is 6.61 Å². The monoisotopic (exact) mass is 299 g/mol. The Hall–Kier alpha value is -2.33. The van der Waals surface area contributed by atoms with Crippen LogP contribution in [0.25, 0.3) is 0 Å². The summed E-state index contributed by atoms with van der Waals surface area (Å²) in [7, 11) is 0. The third-order valence-corrected chi connectivity index (χ3v) is 3.32. The van der Waals surface area contributed by atoms with Crippen LogP contribution in [0, 0.1) is 6.92 Å². The number of benzene rings is 2. The third-order valence-electron chi connectivity index (χ3n) is 3.32. The molecule has 4 nitrogen and oxygen atoms in total. The first kappa shape index (κ1) is 16.0. The van der Waals surface area contributed by atoms with Crippen LogP contribution in [-0.2, 0) is 11.3 Å². The van der Waals surface area contributed by atoms with E-state index in [-0.39, 0.29) is 12.5 Å². The summed E-state index contributed by atoms with van der Waals surface area (Å²) >= 11 is 0. The quantitative estimate of drug-likeness (QED) is 0.862. The van der Waals surface area contributed by atoms with Crippen molar-refractivity contribution in [3.63, 3.8) is 0 Å². The molecule has 0 bridgehead atoms. The van der Waals surface area contributed by atoms with Crippen molar-refractivity contribution in [3.05, 3.63) is 65.2 Å². The predicted octanol–water partition coefficient (Wildman–Crippen LogP) is 2.74. The molecule has 4 heteroatoms. The van der Waals surface area contributed by atoms with E-state index in [0.29, 0.717) is 12.3 Å². The van der Waals surface area contributed by atoms with E-state index in [4.69, 9.17) is 4.74 Å². The number of aliphatic hydroxyl groups is 1. The SMILES string of the molecule is Cc1ccc(CNC(=O)COc2cccc(C(C)O)c2)cc1. The molecule has 2 aromatic rings. The minimum absolute atomic E-state index is 0.0465. The van der Waals surface area contributed by atoms with Crippen molar-refractivity contribution in [1.29, 1.82) is 0 Å². The van der Waals surface area contributed by atoms with Gasteiger partial charge < -0.3 is 15.2 Å². The van der Waals surface area contributed by atoms with Gasteiger partial charge in [0.2, 0.25) is 0 Å². The number of hydrogen-bond donors (Lipinski definition) is 2. The van der Waals surface area contributed by atoms with Crippen LogP contribution in [0.1, 0.15) is 29.7 Å². The van der Waals surface area contributed by atoms with Gasteiger partial charge in [0.1, 0.15) is 5.75 Å². The Bertz CT molecular complexity index is 620. The second-order valence-corrected chi connectivity index (χ2v) is 5.30. The Morgan fingerprint density at radius 3 is 2.64 bits per heavy atom. The maximum atomic E-state index is 11.8. The molecule has 0 radical (unpaired) electrons. The first-order valence-electron chi connectivity index (χ1n) is 7.27. The number of rotatable bonds is 6. The lowest BCUT2D eigenvalue weighted by Crippen LogP contribution is -2.28. The molecule has 22 heavy (non-hydrogen) atoms. The average molecular weight is 299 g/mol. The highest BCUT2D eigenvalue weighted by Crippen LogP contribution is 2.18. The summed E-state index contributed by atoms with van der Waals surface area (Å²) in [5.41, 5.74) is 3.00. The molecule has 0 aliphatic heterocycles. The maximum absolute atomic E-state index is 11.8. The van der Waals surface area contributed by atoms with Gasteiger partial charge in [0, 0.05) is 6.54 Å². The van der Waals surface area contributed by atoms with Gasteiger partial charge >= 0.3 is 0 Å². The van der Waals surface area contributed by atoms with E-state index in [1.54, 1.807) is 25.1 Å². The third kappa shape index (κ3) is 4.90. The zero-order valence-corrected chi connectivity index (χ0v) is 12.9. The molecule has 116 valence electrons. The van der Waals surface area contributed by atoms with Crippen molar-refractivity contribution >= 4 is 5.91 Å². The summed E-state index contributed by atoms with van der Waals surface area (Å²) < 4.78 is 5.44. The number of carbonyl (C=O) groups excluding carboxylic acids is 1. The topological polar surface area (TPSA) is 58.6 Å². The maximum Gasteiger partial charge on any atom is 0.258 e. The molecule has 2 N–H and O–H groups in total. The van der Waals surface area contributed by atoms with E-state index in [2.05, 4.69) is 5.32 Å². The van der Waals surface area contributed by atoms with Gasteiger partial charge in [-0.2, -0.15) is 0 Å². The molecule has 1 atom stereocenters. The normalized spacial score (nSPS) is 11.8. The van der Waals surface area contributed by atoms with E-state index >= 15 is 0 Å². The van der Waals surface area contributed by atoms with Crippen molar-refractivity contribution in [2.45, 2.75) is 26.5 Å². The van der Waals surface area contributed by atoms with Crippen LogP contribution in [0.15, 0.2) is 48.5 Å². The van der Waals surface area contributed by atoms with Crippen LogP contribution in [-0.4, -0.2) is 17.6 Å². The molecule has 0 spiro atoms. The molecule has 0 fully saturated rings. The Kier molecular flexibility index (Phi) is 5.55. The van der Waals surface area contributed by atoms with E-state index in [1.165, 1.54) is 5.56 Å². The van der Waals surface area contributed by atoms with Gasteiger partial charge in [-0.25, -0.2) is 0 Å². The van der Waals surface area contributed by atoms with Crippen molar-refractivity contribution in [3.8, 4) is 5.75 Å². The molecule has 0 saturated heterocycles. The lowest BCUT2D eigenvalue weighted by molar-refractivity contribution is -0.123. The largest absolute Gasteiger partial charge is 0.484 e. The fraction of sp³-hybridized carbons (Fsp3) is 0.278. The molecular weight excluding hydrogens is 278 g/mol. The summed E-state index contributed by atoms with van der Waals surface area (Å²) in [5.74, 6) is 0.395. The highest BCUT2D eigenvalue weighted by Gasteiger charge is 2.05. The standard InChI is InChI=1S/C18H21NO3/c1-13-6-8-15(9-7-13)11-19-18(21)12-22-17-5-3-4-16(10-17)14(2)20/h3-10,14,20H,11-12H2,1-2H3,(H,19,21). The molecule has 0 aromatic heterocycles. The minimum Gasteiger partial charge on any atom is -0.484 e. The first-order chi connectivity index (χ1) is 10.5. The summed E-state index contributed by atoms with van der Waals surface area (Å²) in [6.45, 7) is 4.15. The lowest BCUT2D eigenvalue weighted by Gasteiger charge is -2.10. The van der Waals surface area contributed by atoms with E-state index in [9.17, 15) is 9.90 Å². The van der Waals surface area contributed by atoms with Crippen molar-refractivity contribution in [2.24, 2.45) is 0 Å². The van der Waals surface area contributed by atoms with Crippen molar-refractivity contribution < 1.29 is 14.6 Å². The van der Waals surface area contributed by atoms with Crippen LogP contribution in [0.2, 0.25) is 0 Å². The highest BCUT2D eigenvalue weighted by atomic mass is 16.5. The molecule has 1 amide bonds. The van der Waals surface area contributed by atoms with Crippen LogP contribution >= 0.6 is 0 Å². The number of aryl methyl sites for hydroxylation is 1. The fourth-order valence-electron chi connectivity index (χ4n) is 1.97. The summed E-state index contributed by atoms with van der Waals surface area (Å²) in [6, 6.07) is 15.1. The Labute approximate surface area is 130 Å². The van der Waals surface area contributed by atoms with Gasteiger partial charge in [-0.1, -0.05) is 42.0 Å². The van der Waals surface area contributed by atoms with Crippen LogP contribution in [0.4, 0.5) is 0 Å². The zero-order chi connectivity index (χ0) is 15.9. The number of nitrogens with one attached hydrogen (secondary N) is 1. The smallest absolute Gasteiger partial charge is 0.258 e. The molecule has 2 aromatic carbocycles. The molecule has 1 unspecified atom stereocenters. The average Bonchev–Trinajstić information content (AvgIpc) is 2.52. The first-order valence-corrected chi connectivity index (χ1v) is 7.27. The number of amides is 1. The van der Waals surface area contributed by atoms with E-state index in [1.807, 2.05) is 37.3 Å². The molecule has 0 heterocycles. The van der Waals surface area contributed by atoms with Gasteiger partial charge in [0.05, 0.1) is 6.10 Å². The Morgan fingerprint density at radius 2 is 1.95 bits per heavy atom. The molecular formula is C18H21NO3. The second-order valence-electron chi connectivity index (χ2n) is 5.30. The molecule has 0 aliphatic rings. The fourth-order valence-corrected chi connectivity index (χ4v) is 1.97. The van der Waals surface area contributed by atoms with Gasteiger partial charge in [-0.05, 0) is 37.1 Å². The van der Waals surface area contributed by atoms with Crippen LogP contribution < -0.4 is 10.1 Å². The number of hydrogen-bond acceptors (Lipinski definition) is 3.